The summed E-state index contributed by atoms with van der Waals surface area (Å²) in [4.78, 5) is 28.8. The molecule has 2 saturated heterocycles. The molecule has 0 aliphatic carbocycles. The highest BCUT2D eigenvalue weighted by Crippen LogP contribution is 2.20. The standard InChI is InChI=1S/C29H54N2O3/c1-2-3-4-5-6-7-8-9-10-11-12-13-14-15-16-17-22-31-26-27(25-28(31)32)29(33)34-24-23-30-20-18-19-21-30/h27H,2-26H2,1H3. The van der Waals surface area contributed by atoms with Crippen molar-refractivity contribution in [2.45, 2.75) is 129 Å². The Morgan fingerprint density at radius 2 is 1.26 bits per heavy atom. The van der Waals surface area contributed by atoms with Crippen molar-refractivity contribution >= 4 is 11.9 Å². The van der Waals surface area contributed by atoms with Crippen molar-refractivity contribution in [2.75, 3.05) is 39.3 Å². The van der Waals surface area contributed by atoms with Crippen LogP contribution in [0.15, 0.2) is 0 Å². The third-order valence-electron chi connectivity index (χ3n) is 7.68. The molecule has 0 radical (unpaired) electrons. The molecule has 2 fully saturated rings. The predicted octanol–water partition coefficient (Wildman–Crippen LogP) is 6.74. The Kier molecular flexibility index (Phi) is 16.4. The SMILES string of the molecule is CCCCCCCCCCCCCCCCCCN1CC(C(=O)OCCN2CCCC2)CC1=O. The van der Waals surface area contributed by atoms with Crippen LogP contribution in [0.2, 0.25) is 0 Å². The quantitative estimate of drug-likeness (QED) is 0.135. The highest BCUT2D eigenvalue weighted by Gasteiger charge is 2.35. The highest BCUT2D eigenvalue weighted by molar-refractivity contribution is 5.86. The molecule has 0 saturated carbocycles. The molecule has 2 aliphatic heterocycles. The topological polar surface area (TPSA) is 49.9 Å². The molecule has 0 spiro atoms. The molecule has 2 aliphatic rings. The van der Waals surface area contributed by atoms with E-state index in [0.717, 1.165) is 32.6 Å². The minimum atomic E-state index is -0.257. The van der Waals surface area contributed by atoms with Crippen molar-refractivity contribution in [1.29, 1.82) is 0 Å². The monoisotopic (exact) mass is 478 g/mol. The second kappa shape index (κ2) is 19.1. The third-order valence-corrected chi connectivity index (χ3v) is 7.68. The second-order valence-corrected chi connectivity index (χ2v) is 10.8. The number of carbonyl (C=O) groups is 2. The maximum absolute atomic E-state index is 12.3. The van der Waals surface area contributed by atoms with E-state index in [1.165, 1.54) is 109 Å². The molecule has 2 rings (SSSR count). The summed E-state index contributed by atoms with van der Waals surface area (Å²) in [7, 11) is 0. The number of ether oxygens (including phenoxy) is 1. The van der Waals surface area contributed by atoms with Crippen LogP contribution < -0.4 is 0 Å². The van der Waals surface area contributed by atoms with Gasteiger partial charge in [0, 0.05) is 26.1 Å². The maximum Gasteiger partial charge on any atom is 0.311 e. The molecule has 0 N–H and O–H groups in total. The van der Waals surface area contributed by atoms with Gasteiger partial charge in [-0.15, -0.1) is 0 Å². The molecule has 1 amide bonds. The van der Waals surface area contributed by atoms with Crippen molar-refractivity contribution in [1.82, 2.24) is 9.80 Å². The van der Waals surface area contributed by atoms with Gasteiger partial charge in [0.1, 0.15) is 6.61 Å². The molecule has 198 valence electrons. The van der Waals surface area contributed by atoms with E-state index in [-0.39, 0.29) is 17.8 Å². The minimum absolute atomic E-state index is 0.127. The summed E-state index contributed by atoms with van der Waals surface area (Å²) in [5.74, 6) is -0.309. The summed E-state index contributed by atoms with van der Waals surface area (Å²) in [5, 5.41) is 0. The Morgan fingerprint density at radius 3 is 1.79 bits per heavy atom. The average molecular weight is 479 g/mol. The van der Waals surface area contributed by atoms with Crippen molar-refractivity contribution < 1.29 is 14.3 Å². The first-order chi connectivity index (χ1) is 16.7. The summed E-state index contributed by atoms with van der Waals surface area (Å²) < 4.78 is 5.46. The van der Waals surface area contributed by atoms with Crippen LogP contribution in [0.3, 0.4) is 0 Å². The number of amides is 1. The lowest BCUT2D eigenvalue weighted by atomic mass is 10.0. The lowest BCUT2D eigenvalue weighted by molar-refractivity contribution is -0.148. The molecule has 0 bridgehead atoms. The van der Waals surface area contributed by atoms with Crippen LogP contribution in [-0.2, 0) is 14.3 Å². The molecule has 0 aromatic heterocycles. The Morgan fingerprint density at radius 1 is 0.765 bits per heavy atom. The van der Waals surface area contributed by atoms with Gasteiger partial charge in [-0.05, 0) is 32.4 Å². The fourth-order valence-electron chi connectivity index (χ4n) is 5.40. The zero-order valence-corrected chi connectivity index (χ0v) is 22.4. The molecule has 1 atom stereocenters. The number of hydrogen-bond donors (Lipinski definition) is 0. The van der Waals surface area contributed by atoms with E-state index in [1.54, 1.807) is 0 Å². The zero-order valence-electron chi connectivity index (χ0n) is 22.4. The molecule has 1 unspecified atom stereocenters. The van der Waals surface area contributed by atoms with Crippen molar-refractivity contribution in [3.8, 4) is 0 Å². The summed E-state index contributed by atoms with van der Waals surface area (Å²) in [5.41, 5.74) is 0. The number of nitrogens with zero attached hydrogens (tertiary/aromatic N) is 2. The Bertz CT molecular complexity index is 533. The van der Waals surface area contributed by atoms with Crippen molar-refractivity contribution in [3.63, 3.8) is 0 Å². The number of esters is 1. The number of carbonyl (C=O) groups excluding carboxylic acids is 2. The van der Waals surface area contributed by atoms with Crippen LogP contribution in [0.25, 0.3) is 0 Å². The number of unbranched alkanes of at least 4 members (excludes halogenated alkanes) is 15. The van der Waals surface area contributed by atoms with Gasteiger partial charge in [-0.3, -0.25) is 14.5 Å². The van der Waals surface area contributed by atoms with Gasteiger partial charge in [0.25, 0.3) is 0 Å². The van der Waals surface area contributed by atoms with Gasteiger partial charge in [-0.25, -0.2) is 0 Å². The Labute approximate surface area is 210 Å². The fourth-order valence-corrected chi connectivity index (χ4v) is 5.40. The van der Waals surface area contributed by atoms with Gasteiger partial charge in [-0.1, -0.05) is 103 Å². The molecular weight excluding hydrogens is 424 g/mol. The van der Waals surface area contributed by atoms with E-state index in [2.05, 4.69) is 11.8 Å². The predicted molar refractivity (Wildman–Crippen MR) is 141 cm³/mol. The lowest BCUT2D eigenvalue weighted by Gasteiger charge is -2.17. The van der Waals surface area contributed by atoms with E-state index in [0.29, 0.717) is 19.6 Å². The van der Waals surface area contributed by atoms with E-state index in [1.807, 2.05) is 4.90 Å². The van der Waals surface area contributed by atoms with Crippen LogP contribution >= 0.6 is 0 Å². The smallest absolute Gasteiger partial charge is 0.311 e. The second-order valence-electron chi connectivity index (χ2n) is 10.8. The Balaban J connectivity index is 1.35. The maximum atomic E-state index is 12.3. The van der Waals surface area contributed by atoms with Gasteiger partial charge in [0.15, 0.2) is 0 Å². The molecule has 0 aromatic carbocycles. The highest BCUT2D eigenvalue weighted by atomic mass is 16.5. The van der Waals surface area contributed by atoms with Crippen LogP contribution in [0.5, 0.6) is 0 Å². The van der Waals surface area contributed by atoms with E-state index >= 15 is 0 Å². The number of hydrogen-bond acceptors (Lipinski definition) is 4. The number of likely N-dealkylation sites (tertiary alicyclic amines) is 2. The fraction of sp³-hybridized carbons (Fsp3) is 0.931. The molecule has 34 heavy (non-hydrogen) atoms. The zero-order chi connectivity index (χ0) is 24.3. The average Bonchev–Trinajstić information content (AvgIpc) is 3.48. The first-order valence-corrected chi connectivity index (χ1v) is 14.9. The van der Waals surface area contributed by atoms with Crippen LogP contribution in [0, 0.1) is 5.92 Å². The van der Waals surface area contributed by atoms with Crippen molar-refractivity contribution in [2.24, 2.45) is 5.92 Å². The molecule has 5 heteroatoms. The van der Waals surface area contributed by atoms with Gasteiger partial charge in [0.2, 0.25) is 5.91 Å². The third kappa shape index (κ3) is 13.1. The van der Waals surface area contributed by atoms with Gasteiger partial charge in [0.05, 0.1) is 5.92 Å². The summed E-state index contributed by atoms with van der Waals surface area (Å²) in [6.07, 6.45) is 24.5. The van der Waals surface area contributed by atoms with Crippen LogP contribution in [0.4, 0.5) is 0 Å². The van der Waals surface area contributed by atoms with Gasteiger partial charge >= 0.3 is 5.97 Å². The summed E-state index contributed by atoms with van der Waals surface area (Å²) in [6.45, 7) is 7.16. The molecule has 0 aromatic rings. The summed E-state index contributed by atoms with van der Waals surface area (Å²) >= 11 is 0. The largest absolute Gasteiger partial charge is 0.464 e. The molecule has 2 heterocycles. The normalized spacial score (nSPS) is 18.8. The molecule has 5 nitrogen and oxygen atoms in total. The van der Waals surface area contributed by atoms with Gasteiger partial charge in [-0.2, -0.15) is 0 Å². The molecular formula is C29H54N2O3. The first kappa shape index (κ1) is 29.1. The Hall–Kier alpha value is -1.10. The lowest BCUT2D eigenvalue weighted by Crippen LogP contribution is -2.29. The minimum Gasteiger partial charge on any atom is -0.464 e. The van der Waals surface area contributed by atoms with Crippen LogP contribution in [0.1, 0.15) is 129 Å². The van der Waals surface area contributed by atoms with Crippen molar-refractivity contribution in [3.05, 3.63) is 0 Å². The first-order valence-electron chi connectivity index (χ1n) is 14.9. The number of rotatable bonds is 21. The van der Waals surface area contributed by atoms with Crippen LogP contribution in [-0.4, -0.2) is 61.0 Å². The van der Waals surface area contributed by atoms with E-state index in [9.17, 15) is 9.59 Å². The van der Waals surface area contributed by atoms with E-state index in [4.69, 9.17) is 4.74 Å². The van der Waals surface area contributed by atoms with E-state index < -0.39 is 0 Å². The summed E-state index contributed by atoms with van der Waals surface area (Å²) in [6, 6.07) is 0. The van der Waals surface area contributed by atoms with Gasteiger partial charge < -0.3 is 9.64 Å².